The van der Waals surface area contributed by atoms with Crippen LogP contribution in [0.15, 0.2) is 48.5 Å². The van der Waals surface area contributed by atoms with E-state index in [4.69, 9.17) is 11.1 Å². The van der Waals surface area contributed by atoms with Crippen molar-refractivity contribution in [1.29, 1.82) is 5.41 Å². The zero-order valence-electron chi connectivity index (χ0n) is 12.6. The maximum absolute atomic E-state index is 12.4. The molecule has 0 unspecified atom stereocenters. The second-order valence-electron chi connectivity index (χ2n) is 6.12. The number of amidine groups is 1. The molecule has 0 spiro atoms. The highest BCUT2D eigenvalue weighted by atomic mass is 16.1. The maximum Gasteiger partial charge on any atom is 0.168 e. The molecule has 0 aromatic heterocycles. The first-order chi connectivity index (χ1) is 9.80. The van der Waals surface area contributed by atoms with E-state index in [1.807, 2.05) is 57.2 Å². The van der Waals surface area contributed by atoms with Gasteiger partial charge in [0.05, 0.1) is 0 Å². The van der Waals surface area contributed by atoms with E-state index < -0.39 is 5.41 Å². The Morgan fingerprint density at radius 3 is 2.19 bits per heavy atom. The monoisotopic (exact) mass is 280 g/mol. The fourth-order valence-electron chi connectivity index (χ4n) is 2.21. The lowest BCUT2D eigenvalue weighted by Crippen LogP contribution is -2.21. The Morgan fingerprint density at radius 1 is 1.05 bits per heavy atom. The van der Waals surface area contributed by atoms with E-state index in [2.05, 4.69) is 0 Å². The van der Waals surface area contributed by atoms with E-state index in [-0.39, 0.29) is 11.6 Å². The second-order valence-corrected chi connectivity index (χ2v) is 6.12. The average molecular weight is 280 g/mol. The number of nitrogen functional groups attached to an aromatic ring is 1. The summed E-state index contributed by atoms with van der Waals surface area (Å²) in [5.41, 5.74) is 8.28. The highest BCUT2D eigenvalue weighted by Crippen LogP contribution is 2.28. The van der Waals surface area contributed by atoms with Gasteiger partial charge < -0.3 is 5.73 Å². The van der Waals surface area contributed by atoms with Crippen molar-refractivity contribution >= 4 is 11.6 Å². The van der Waals surface area contributed by atoms with Gasteiger partial charge in [-0.25, -0.2) is 0 Å². The number of rotatable bonds is 3. The standard InChI is InChI=1S/C18H20N2O/c1-18(2,3)16(21)13-9-10-14(17(19)20)15(11-13)12-7-5-4-6-8-12/h4-11H,1-3H3,(H3,19,20). The molecule has 21 heavy (non-hydrogen) atoms. The molecule has 3 nitrogen and oxygen atoms in total. The smallest absolute Gasteiger partial charge is 0.168 e. The van der Waals surface area contributed by atoms with Crippen LogP contribution in [0, 0.1) is 10.8 Å². The molecule has 0 atom stereocenters. The minimum atomic E-state index is -0.439. The zero-order valence-corrected chi connectivity index (χ0v) is 12.6. The number of benzene rings is 2. The minimum Gasteiger partial charge on any atom is -0.384 e. The van der Waals surface area contributed by atoms with Crippen LogP contribution in [0.2, 0.25) is 0 Å². The van der Waals surface area contributed by atoms with Crippen LogP contribution in [0.25, 0.3) is 11.1 Å². The molecular weight excluding hydrogens is 260 g/mol. The van der Waals surface area contributed by atoms with Crippen LogP contribution in [-0.4, -0.2) is 11.6 Å². The normalized spacial score (nSPS) is 11.2. The largest absolute Gasteiger partial charge is 0.384 e. The summed E-state index contributed by atoms with van der Waals surface area (Å²) in [5.74, 6) is 0.0818. The molecule has 0 saturated heterocycles. The van der Waals surface area contributed by atoms with Crippen molar-refractivity contribution in [3.8, 4) is 11.1 Å². The first-order valence-corrected chi connectivity index (χ1v) is 6.89. The first kappa shape index (κ1) is 15.0. The van der Waals surface area contributed by atoms with E-state index in [0.717, 1.165) is 11.1 Å². The first-order valence-electron chi connectivity index (χ1n) is 6.89. The van der Waals surface area contributed by atoms with Gasteiger partial charge in [0, 0.05) is 16.5 Å². The Bertz CT molecular complexity index is 682. The summed E-state index contributed by atoms with van der Waals surface area (Å²) in [6, 6.07) is 15.0. The molecule has 108 valence electrons. The predicted molar refractivity (Wildman–Crippen MR) is 86.7 cm³/mol. The van der Waals surface area contributed by atoms with E-state index in [9.17, 15) is 4.79 Å². The molecule has 3 N–H and O–H groups in total. The molecule has 0 fully saturated rings. The fourth-order valence-corrected chi connectivity index (χ4v) is 2.21. The van der Waals surface area contributed by atoms with Gasteiger partial charge in [-0.05, 0) is 23.3 Å². The maximum atomic E-state index is 12.4. The molecule has 2 rings (SSSR count). The number of hydrogen-bond acceptors (Lipinski definition) is 2. The Labute approximate surface area is 125 Å². The van der Waals surface area contributed by atoms with Crippen LogP contribution in [0.1, 0.15) is 36.7 Å². The van der Waals surface area contributed by atoms with Crippen LogP contribution in [0.4, 0.5) is 0 Å². The summed E-state index contributed by atoms with van der Waals surface area (Å²) in [6.45, 7) is 5.70. The van der Waals surface area contributed by atoms with Crippen molar-refractivity contribution in [2.75, 3.05) is 0 Å². The molecule has 0 aliphatic heterocycles. The molecule has 0 amide bonds. The van der Waals surface area contributed by atoms with Crippen molar-refractivity contribution in [3.05, 3.63) is 59.7 Å². The Kier molecular flexibility index (Phi) is 3.94. The van der Waals surface area contributed by atoms with Gasteiger partial charge in [-0.1, -0.05) is 57.2 Å². The molecule has 0 aliphatic rings. The van der Waals surface area contributed by atoms with Crippen LogP contribution in [-0.2, 0) is 0 Å². The van der Waals surface area contributed by atoms with Crippen molar-refractivity contribution in [2.45, 2.75) is 20.8 Å². The highest BCUT2D eigenvalue weighted by Gasteiger charge is 2.23. The zero-order chi connectivity index (χ0) is 15.6. The minimum absolute atomic E-state index is 0.00334. The third-order valence-electron chi connectivity index (χ3n) is 3.34. The summed E-state index contributed by atoms with van der Waals surface area (Å²) >= 11 is 0. The molecule has 0 saturated carbocycles. The number of carbonyl (C=O) groups excluding carboxylic acids is 1. The van der Waals surface area contributed by atoms with Gasteiger partial charge in [0.15, 0.2) is 5.78 Å². The fraction of sp³-hybridized carbons (Fsp3) is 0.222. The second kappa shape index (κ2) is 5.52. The van der Waals surface area contributed by atoms with E-state index in [1.165, 1.54) is 0 Å². The van der Waals surface area contributed by atoms with Gasteiger partial charge in [-0.3, -0.25) is 10.2 Å². The van der Waals surface area contributed by atoms with Gasteiger partial charge in [-0.2, -0.15) is 0 Å². The summed E-state index contributed by atoms with van der Waals surface area (Å²) in [5, 5.41) is 7.72. The van der Waals surface area contributed by atoms with Crippen LogP contribution in [0.5, 0.6) is 0 Å². The Hall–Kier alpha value is -2.42. The lowest BCUT2D eigenvalue weighted by atomic mass is 9.84. The number of hydrogen-bond donors (Lipinski definition) is 2. The van der Waals surface area contributed by atoms with Crippen LogP contribution < -0.4 is 5.73 Å². The van der Waals surface area contributed by atoms with Crippen LogP contribution in [0.3, 0.4) is 0 Å². The summed E-state index contributed by atoms with van der Waals surface area (Å²) < 4.78 is 0. The number of carbonyl (C=O) groups is 1. The van der Waals surface area contributed by atoms with Crippen molar-refractivity contribution in [1.82, 2.24) is 0 Å². The van der Waals surface area contributed by atoms with Gasteiger partial charge in [0.1, 0.15) is 5.84 Å². The molecule has 2 aromatic carbocycles. The summed E-state index contributed by atoms with van der Waals surface area (Å²) in [6.07, 6.45) is 0. The SMILES string of the molecule is CC(C)(C)C(=O)c1ccc(C(=N)N)c(-c2ccccc2)c1. The molecule has 3 heteroatoms. The summed E-state index contributed by atoms with van der Waals surface area (Å²) in [4.78, 5) is 12.4. The quantitative estimate of drug-likeness (QED) is 0.509. The van der Waals surface area contributed by atoms with Gasteiger partial charge in [0.25, 0.3) is 0 Å². The van der Waals surface area contributed by atoms with Crippen LogP contribution >= 0.6 is 0 Å². The number of Topliss-reactive ketones (excluding diaryl/α,β-unsaturated/α-hetero) is 1. The molecule has 0 bridgehead atoms. The third kappa shape index (κ3) is 3.19. The van der Waals surface area contributed by atoms with Gasteiger partial charge in [-0.15, -0.1) is 0 Å². The summed E-state index contributed by atoms with van der Waals surface area (Å²) in [7, 11) is 0. The average Bonchev–Trinajstić information content (AvgIpc) is 2.45. The molecule has 0 aliphatic carbocycles. The number of ketones is 1. The van der Waals surface area contributed by atoms with Crippen molar-refractivity contribution < 1.29 is 4.79 Å². The van der Waals surface area contributed by atoms with E-state index in [1.54, 1.807) is 12.1 Å². The van der Waals surface area contributed by atoms with E-state index in [0.29, 0.717) is 11.1 Å². The third-order valence-corrected chi connectivity index (χ3v) is 3.34. The Morgan fingerprint density at radius 2 is 1.67 bits per heavy atom. The molecule has 0 heterocycles. The number of nitrogens with one attached hydrogen (secondary N) is 1. The van der Waals surface area contributed by atoms with Gasteiger partial charge in [0.2, 0.25) is 0 Å². The Balaban J connectivity index is 2.61. The lowest BCUT2D eigenvalue weighted by Gasteiger charge is -2.18. The van der Waals surface area contributed by atoms with E-state index >= 15 is 0 Å². The molecule has 2 aromatic rings. The predicted octanol–water partition coefficient (Wildman–Crippen LogP) is 3.87. The number of nitrogens with two attached hydrogens (primary N) is 1. The topological polar surface area (TPSA) is 66.9 Å². The molecular formula is C18H20N2O. The van der Waals surface area contributed by atoms with Gasteiger partial charge >= 0.3 is 0 Å². The molecule has 0 radical (unpaired) electrons. The van der Waals surface area contributed by atoms with Crippen molar-refractivity contribution in [3.63, 3.8) is 0 Å². The lowest BCUT2D eigenvalue weighted by molar-refractivity contribution is 0.0858. The van der Waals surface area contributed by atoms with Crippen molar-refractivity contribution in [2.24, 2.45) is 11.1 Å². The highest BCUT2D eigenvalue weighted by molar-refractivity contribution is 6.05.